The highest BCUT2D eigenvalue weighted by Crippen LogP contribution is 2.22. The predicted molar refractivity (Wildman–Crippen MR) is 124 cm³/mol. The fourth-order valence-electron chi connectivity index (χ4n) is 4.40. The summed E-state index contributed by atoms with van der Waals surface area (Å²) in [5, 5.41) is 4.30. The predicted octanol–water partition coefficient (Wildman–Crippen LogP) is 4.85. The van der Waals surface area contributed by atoms with Crippen LogP contribution in [0.1, 0.15) is 36.1 Å². The normalized spacial score (nSPS) is 14.1. The molecule has 2 N–H and O–H groups in total. The molecule has 30 heavy (non-hydrogen) atoms. The number of aryl methyl sites for hydroxylation is 1. The molecule has 2 amide bonds. The highest BCUT2D eigenvalue weighted by atomic mass is 16.2. The minimum Gasteiger partial charge on any atom is -0.372 e. The van der Waals surface area contributed by atoms with E-state index < -0.39 is 0 Å². The van der Waals surface area contributed by atoms with Gasteiger partial charge in [-0.05, 0) is 61.9 Å². The molecule has 4 rings (SSSR count). The first-order valence-corrected chi connectivity index (χ1v) is 11.0. The number of nitrogens with zero attached hydrogens (tertiary/aromatic N) is 2. The van der Waals surface area contributed by atoms with Crippen molar-refractivity contribution >= 4 is 22.6 Å². The van der Waals surface area contributed by atoms with Crippen molar-refractivity contribution in [1.29, 1.82) is 0 Å². The minimum absolute atomic E-state index is 0.0346. The Balaban J connectivity index is 1.28. The number of fused-ring (bicyclic) bond motifs is 1. The quantitative estimate of drug-likeness (QED) is 0.617. The number of piperidine rings is 1. The van der Waals surface area contributed by atoms with Crippen LogP contribution in [-0.4, -0.2) is 42.6 Å². The standard InChI is InChI=1S/C25H32N4O/c1-19-22(23-8-4-5-9-24(23)27-19)14-15-26-25(30)28(2)18-20-10-12-21(13-11-20)29-16-6-3-7-17-29/h4-5,8-13,27H,3,6-7,14-18H2,1-2H3,(H,26,30). The van der Waals surface area contributed by atoms with Gasteiger partial charge in [-0.2, -0.15) is 0 Å². The van der Waals surface area contributed by atoms with E-state index in [2.05, 4.69) is 64.6 Å². The monoisotopic (exact) mass is 404 g/mol. The lowest BCUT2D eigenvalue weighted by Gasteiger charge is -2.29. The number of H-pyrrole nitrogens is 1. The molecule has 5 heteroatoms. The number of carbonyl (C=O) groups excluding carboxylic acids is 1. The topological polar surface area (TPSA) is 51.4 Å². The summed E-state index contributed by atoms with van der Waals surface area (Å²) < 4.78 is 0. The van der Waals surface area contributed by atoms with Crippen molar-refractivity contribution in [3.8, 4) is 0 Å². The maximum absolute atomic E-state index is 12.5. The zero-order chi connectivity index (χ0) is 20.9. The van der Waals surface area contributed by atoms with Crippen molar-refractivity contribution in [3.63, 3.8) is 0 Å². The van der Waals surface area contributed by atoms with Gasteiger partial charge in [0.1, 0.15) is 0 Å². The molecule has 5 nitrogen and oxygen atoms in total. The van der Waals surface area contributed by atoms with Gasteiger partial charge in [-0.15, -0.1) is 0 Å². The largest absolute Gasteiger partial charge is 0.372 e. The number of amides is 2. The number of aromatic nitrogens is 1. The molecule has 0 bridgehead atoms. The van der Waals surface area contributed by atoms with Crippen LogP contribution in [0, 0.1) is 6.92 Å². The van der Waals surface area contributed by atoms with Gasteiger partial charge in [0.05, 0.1) is 0 Å². The second kappa shape index (κ2) is 9.24. The van der Waals surface area contributed by atoms with E-state index in [1.54, 1.807) is 4.90 Å². The van der Waals surface area contributed by atoms with E-state index in [-0.39, 0.29) is 6.03 Å². The number of aromatic amines is 1. The van der Waals surface area contributed by atoms with Gasteiger partial charge >= 0.3 is 6.03 Å². The lowest BCUT2D eigenvalue weighted by atomic mass is 10.1. The molecule has 0 unspecified atom stereocenters. The lowest BCUT2D eigenvalue weighted by Crippen LogP contribution is -2.37. The van der Waals surface area contributed by atoms with E-state index >= 15 is 0 Å². The molecule has 1 fully saturated rings. The zero-order valence-corrected chi connectivity index (χ0v) is 18.1. The van der Waals surface area contributed by atoms with Gasteiger partial charge in [-0.1, -0.05) is 30.3 Å². The maximum Gasteiger partial charge on any atom is 0.317 e. The third kappa shape index (κ3) is 4.61. The molecule has 0 atom stereocenters. The minimum atomic E-state index is -0.0346. The summed E-state index contributed by atoms with van der Waals surface area (Å²) in [6, 6.07) is 16.9. The van der Waals surface area contributed by atoms with E-state index in [9.17, 15) is 4.79 Å². The van der Waals surface area contributed by atoms with Gasteiger partial charge in [0.2, 0.25) is 0 Å². The van der Waals surface area contributed by atoms with E-state index in [1.807, 2.05) is 13.1 Å². The zero-order valence-electron chi connectivity index (χ0n) is 18.1. The van der Waals surface area contributed by atoms with Crippen molar-refractivity contribution < 1.29 is 4.79 Å². The Kier molecular flexibility index (Phi) is 6.26. The van der Waals surface area contributed by atoms with Crippen LogP contribution < -0.4 is 10.2 Å². The van der Waals surface area contributed by atoms with Gasteiger partial charge < -0.3 is 20.1 Å². The second-order valence-corrected chi connectivity index (χ2v) is 8.33. The van der Waals surface area contributed by atoms with Gasteiger partial charge in [0, 0.05) is 55.5 Å². The Bertz CT molecular complexity index is 986. The molecule has 0 aliphatic carbocycles. The molecule has 1 aliphatic heterocycles. The van der Waals surface area contributed by atoms with E-state index in [4.69, 9.17) is 0 Å². The second-order valence-electron chi connectivity index (χ2n) is 8.33. The van der Waals surface area contributed by atoms with Gasteiger partial charge in [-0.25, -0.2) is 4.79 Å². The fourth-order valence-corrected chi connectivity index (χ4v) is 4.40. The van der Waals surface area contributed by atoms with E-state index in [0.717, 1.165) is 30.6 Å². The molecule has 2 aromatic carbocycles. The molecule has 0 spiro atoms. The molecule has 1 aromatic heterocycles. The van der Waals surface area contributed by atoms with Crippen molar-refractivity contribution in [2.24, 2.45) is 0 Å². The molecular weight excluding hydrogens is 372 g/mol. The summed E-state index contributed by atoms with van der Waals surface area (Å²) in [6.45, 7) is 5.63. The number of hydrogen-bond donors (Lipinski definition) is 2. The summed E-state index contributed by atoms with van der Waals surface area (Å²) in [5.74, 6) is 0. The van der Waals surface area contributed by atoms with Crippen LogP contribution in [0.4, 0.5) is 10.5 Å². The lowest BCUT2D eigenvalue weighted by molar-refractivity contribution is 0.207. The van der Waals surface area contributed by atoms with Crippen LogP contribution in [0.2, 0.25) is 0 Å². The number of urea groups is 1. The molecule has 3 aromatic rings. The first kappa shape index (κ1) is 20.3. The summed E-state index contributed by atoms with van der Waals surface area (Å²) >= 11 is 0. The Morgan fingerprint density at radius 2 is 1.80 bits per heavy atom. The smallest absolute Gasteiger partial charge is 0.317 e. The molecule has 0 saturated carbocycles. The average Bonchev–Trinajstić information content (AvgIpc) is 3.10. The Hall–Kier alpha value is -2.95. The fraction of sp³-hybridized carbons (Fsp3) is 0.400. The summed E-state index contributed by atoms with van der Waals surface area (Å²) in [6.07, 6.45) is 4.72. The number of carbonyl (C=O) groups is 1. The highest BCUT2D eigenvalue weighted by molar-refractivity contribution is 5.84. The van der Waals surface area contributed by atoms with Crippen LogP contribution in [0.5, 0.6) is 0 Å². The van der Waals surface area contributed by atoms with Crippen molar-refractivity contribution in [3.05, 3.63) is 65.4 Å². The number of anilines is 1. The molecule has 1 saturated heterocycles. The number of para-hydroxylation sites is 1. The number of benzene rings is 2. The highest BCUT2D eigenvalue weighted by Gasteiger charge is 2.13. The Labute approximate surface area is 179 Å². The molecular formula is C25H32N4O. The molecule has 1 aliphatic rings. The van der Waals surface area contributed by atoms with Gasteiger partial charge in [-0.3, -0.25) is 0 Å². The average molecular weight is 405 g/mol. The van der Waals surface area contributed by atoms with Crippen molar-refractivity contribution in [2.45, 2.75) is 39.2 Å². The first-order chi connectivity index (χ1) is 14.6. The van der Waals surface area contributed by atoms with E-state index in [1.165, 1.54) is 41.6 Å². The number of rotatable bonds is 6. The van der Waals surface area contributed by atoms with Crippen LogP contribution in [0.25, 0.3) is 10.9 Å². The SMILES string of the molecule is Cc1[nH]c2ccccc2c1CCNC(=O)N(C)Cc1ccc(N2CCCCC2)cc1. The van der Waals surface area contributed by atoms with Crippen molar-refractivity contribution in [2.75, 3.05) is 31.6 Å². The summed E-state index contributed by atoms with van der Waals surface area (Å²) in [4.78, 5) is 20.2. The van der Waals surface area contributed by atoms with Crippen molar-refractivity contribution in [1.82, 2.24) is 15.2 Å². The number of nitrogens with one attached hydrogen (secondary N) is 2. The van der Waals surface area contributed by atoms with Crippen LogP contribution in [-0.2, 0) is 13.0 Å². The van der Waals surface area contributed by atoms with Gasteiger partial charge in [0.15, 0.2) is 0 Å². The van der Waals surface area contributed by atoms with E-state index in [0.29, 0.717) is 13.1 Å². The Morgan fingerprint density at radius 3 is 2.57 bits per heavy atom. The van der Waals surface area contributed by atoms with Crippen LogP contribution in [0.15, 0.2) is 48.5 Å². The third-order valence-electron chi connectivity index (χ3n) is 6.10. The number of hydrogen-bond acceptors (Lipinski definition) is 2. The summed E-state index contributed by atoms with van der Waals surface area (Å²) in [5.41, 5.74) is 6.05. The Morgan fingerprint density at radius 1 is 1.07 bits per heavy atom. The van der Waals surface area contributed by atoms with Crippen LogP contribution >= 0.6 is 0 Å². The maximum atomic E-state index is 12.5. The first-order valence-electron chi connectivity index (χ1n) is 11.0. The molecule has 0 radical (unpaired) electrons. The third-order valence-corrected chi connectivity index (χ3v) is 6.10. The molecule has 158 valence electrons. The van der Waals surface area contributed by atoms with Crippen LogP contribution in [0.3, 0.4) is 0 Å². The van der Waals surface area contributed by atoms with Gasteiger partial charge in [0.25, 0.3) is 0 Å². The molecule has 2 heterocycles. The summed E-state index contributed by atoms with van der Waals surface area (Å²) in [7, 11) is 1.85.